The van der Waals surface area contributed by atoms with Gasteiger partial charge in [-0.25, -0.2) is 14.4 Å². The Bertz CT molecular complexity index is 1430. The number of hydrogen-bond acceptors (Lipinski definition) is 7. The summed E-state index contributed by atoms with van der Waals surface area (Å²) in [6.07, 6.45) is 4.69. The standard InChI is InChI=1S/C27H28FN7O2/c1-2-25(37)31-19-5-3-4-18(14-19)21-16-29-24-17-30-27(33-26(21)24)32-23-7-6-20(15-22(23)28)35-10-8-34(9-11-35)12-13-36/h2-7,14-17,29,36H,1,8-13H2,(H,31,37)(H,30,32,33). The lowest BCUT2D eigenvalue weighted by Crippen LogP contribution is -2.47. The van der Waals surface area contributed by atoms with Crippen LogP contribution in [0.4, 0.5) is 27.4 Å². The number of aromatic nitrogens is 3. The Morgan fingerprint density at radius 1 is 1.19 bits per heavy atom. The predicted molar refractivity (Wildman–Crippen MR) is 144 cm³/mol. The molecule has 0 radical (unpaired) electrons. The van der Waals surface area contributed by atoms with Crippen LogP contribution in [0.5, 0.6) is 0 Å². The number of aromatic amines is 1. The zero-order valence-corrected chi connectivity index (χ0v) is 20.2. The number of β-amino-alcohol motifs (C(OH)–C–C–N with tert-alkyl or cyclic N) is 1. The highest BCUT2D eigenvalue weighted by molar-refractivity contribution is 6.00. The molecule has 1 aliphatic rings. The largest absolute Gasteiger partial charge is 0.395 e. The third-order valence-corrected chi connectivity index (χ3v) is 6.40. The zero-order chi connectivity index (χ0) is 25.8. The van der Waals surface area contributed by atoms with Gasteiger partial charge in [-0.2, -0.15) is 0 Å². The zero-order valence-electron chi connectivity index (χ0n) is 20.2. The van der Waals surface area contributed by atoms with Crippen LogP contribution in [-0.2, 0) is 4.79 Å². The number of aliphatic hydroxyl groups excluding tert-OH is 1. The van der Waals surface area contributed by atoms with Crippen LogP contribution in [0, 0.1) is 5.82 Å². The lowest BCUT2D eigenvalue weighted by molar-refractivity contribution is -0.111. The molecular formula is C27H28FN7O2. The molecule has 0 unspecified atom stereocenters. The molecule has 0 bridgehead atoms. The molecule has 9 nitrogen and oxygen atoms in total. The van der Waals surface area contributed by atoms with Crippen LogP contribution in [-0.4, -0.2) is 70.2 Å². The molecule has 1 saturated heterocycles. The summed E-state index contributed by atoms with van der Waals surface area (Å²) in [5.74, 6) is -0.408. The van der Waals surface area contributed by atoms with Gasteiger partial charge in [-0.05, 0) is 42.0 Å². The molecule has 190 valence electrons. The molecule has 4 N–H and O–H groups in total. The van der Waals surface area contributed by atoms with Gasteiger partial charge in [-0.15, -0.1) is 0 Å². The van der Waals surface area contributed by atoms with Gasteiger partial charge in [0.15, 0.2) is 0 Å². The molecule has 2 aromatic carbocycles. The molecule has 37 heavy (non-hydrogen) atoms. The van der Waals surface area contributed by atoms with E-state index < -0.39 is 0 Å². The van der Waals surface area contributed by atoms with Crippen LogP contribution in [0.15, 0.2) is 67.5 Å². The van der Waals surface area contributed by atoms with E-state index in [1.165, 1.54) is 12.1 Å². The number of nitrogens with zero attached hydrogens (tertiary/aromatic N) is 4. The van der Waals surface area contributed by atoms with E-state index in [-0.39, 0.29) is 30.0 Å². The van der Waals surface area contributed by atoms with Crippen molar-refractivity contribution < 1.29 is 14.3 Å². The summed E-state index contributed by atoms with van der Waals surface area (Å²) in [5, 5.41) is 14.9. The topological polar surface area (TPSA) is 109 Å². The van der Waals surface area contributed by atoms with Crippen molar-refractivity contribution >= 4 is 40.0 Å². The van der Waals surface area contributed by atoms with Crippen molar-refractivity contribution in [2.45, 2.75) is 0 Å². The van der Waals surface area contributed by atoms with Gasteiger partial charge in [0.25, 0.3) is 0 Å². The van der Waals surface area contributed by atoms with Gasteiger partial charge in [0.2, 0.25) is 11.9 Å². The summed E-state index contributed by atoms with van der Waals surface area (Å²) in [6.45, 7) is 7.51. The second-order valence-electron chi connectivity index (χ2n) is 8.77. The first kappa shape index (κ1) is 24.4. The molecule has 0 spiro atoms. The molecule has 1 amide bonds. The first-order valence-electron chi connectivity index (χ1n) is 12.1. The van der Waals surface area contributed by atoms with E-state index in [9.17, 15) is 4.79 Å². The van der Waals surface area contributed by atoms with Crippen molar-refractivity contribution in [2.24, 2.45) is 0 Å². The molecule has 5 rings (SSSR count). The highest BCUT2D eigenvalue weighted by Crippen LogP contribution is 2.30. The number of hydrogen-bond donors (Lipinski definition) is 4. The monoisotopic (exact) mass is 501 g/mol. The van der Waals surface area contributed by atoms with Crippen molar-refractivity contribution in [3.8, 4) is 11.1 Å². The summed E-state index contributed by atoms with van der Waals surface area (Å²) in [7, 11) is 0. The number of carbonyl (C=O) groups excluding carboxylic acids is 1. The number of H-pyrrole nitrogens is 1. The maximum atomic E-state index is 15.0. The molecule has 2 aromatic heterocycles. The maximum absolute atomic E-state index is 15.0. The molecular weight excluding hydrogens is 473 g/mol. The Hall–Kier alpha value is -4.28. The summed E-state index contributed by atoms with van der Waals surface area (Å²) in [5.41, 5.74) is 4.83. The van der Waals surface area contributed by atoms with E-state index >= 15 is 4.39 Å². The summed E-state index contributed by atoms with van der Waals surface area (Å²) in [4.78, 5) is 28.1. The Morgan fingerprint density at radius 3 is 2.78 bits per heavy atom. The van der Waals surface area contributed by atoms with E-state index in [1.807, 2.05) is 30.5 Å². The predicted octanol–water partition coefficient (Wildman–Crippen LogP) is 3.75. The van der Waals surface area contributed by atoms with Crippen LogP contribution < -0.4 is 15.5 Å². The number of fused-ring (bicyclic) bond motifs is 1. The molecule has 1 fully saturated rings. The van der Waals surface area contributed by atoms with Gasteiger partial charge < -0.3 is 25.6 Å². The van der Waals surface area contributed by atoms with Gasteiger partial charge >= 0.3 is 0 Å². The normalized spacial score (nSPS) is 14.1. The second-order valence-corrected chi connectivity index (χ2v) is 8.77. The lowest BCUT2D eigenvalue weighted by Gasteiger charge is -2.35. The quantitative estimate of drug-likeness (QED) is 0.272. The highest BCUT2D eigenvalue weighted by Gasteiger charge is 2.18. The minimum atomic E-state index is -0.390. The number of carbonyl (C=O) groups is 1. The van der Waals surface area contributed by atoms with Crippen LogP contribution in [0.2, 0.25) is 0 Å². The van der Waals surface area contributed by atoms with Crippen LogP contribution in [0.25, 0.3) is 22.2 Å². The van der Waals surface area contributed by atoms with E-state index in [0.29, 0.717) is 17.7 Å². The molecule has 1 aliphatic heterocycles. The highest BCUT2D eigenvalue weighted by atomic mass is 19.1. The van der Waals surface area contributed by atoms with Gasteiger partial charge in [0, 0.05) is 55.9 Å². The molecule has 0 atom stereocenters. The number of aliphatic hydroxyl groups is 1. The van der Waals surface area contributed by atoms with Gasteiger partial charge in [-0.3, -0.25) is 9.69 Å². The van der Waals surface area contributed by atoms with Crippen LogP contribution >= 0.6 is 0 Å². The first-order valence-corrected chi connectivity index (χ1v) is 12.1. The fourth-order valence-corrected chi connectivity index (χ4v) is 4.44. The second kappa shape index (κ2) is 10.8. The fraction of sp³-hybridized carbons (Fsp3) is 0.222. The number of halogens is 1. The fourth-order valence-electron chi connectivity index (χ4n) is 4.44. The van der Waals surface area contributed by atoms with E-state index in [4.69, 9.17) is 5.11 Å². The number of benzene rings is 2. The summed E-state index contributed by atoms with van der Waals surface area (Å²) >= 11 is 0. The number of nitrogens with one attached hydrogen (secondary N) is 3. The third-order valence-electron chi connectivity index (χ3n) is 6.40. The average Bonchev–Trinajstić information content (AvgIpc) is 3.34. The minimum absolute atomic E-state index is 0.146. The van der Waals surface area contributed by atoms with Crippen molar-refractivity contribution in [2.75, 3.05) is 54.9 Å². The number of rotatable bonds is 8. The first-order chi connectivity index (χ1) is 18.0. The number of piperazine rings is 1. The van der Waals surface area contributed by atoms with E-state index in [1.54, 1.807) is 18.3 Å². The SMILES string of the molecule is C=CC(=O)Nc1cccc(-c2c[nH]c3cnc(Nc4ccc(N5CCN(CCO)CC5)cc4F)nc23)c1. The average molecular weight is 502 g/mol. The maximum Gasteiger partial charge on any atom is 0.247 e. The molecule has 3 heterocycles. The van der Waals surface area contributed by atoms with E-state index in [2.05, 4.69) is 42.0 Å². The van der Waals surface area contributed by atoms with Crippen molar-refractivity contribution in [1.29, 1.82) is 0 Å². The van der Waals surface area contributed by atoms with Crippen LogP contribution in [0.1, 0.15) is 0 Å². The summed E-state index contributed by atoms with van der Waals surface area (Å²) < 4.78 is 15.0. The number of anilines is 4. The van der Waals surface area contributed by atoms with Crippen molar-refractivity contribution in [3.05, 3.63) is 73.3 Å². The van der Waals surface area contributed by atoms with Gasteiger partial charge in [0.1, 0.15) is 11.3 Å². The van der Waals surface area contributed by atoms with Crippen LogP contribution in [0.3, 0.4) is 0 Å². The van der Waals surface area contributed by atoms with E-state index in [0.717, 1.165) is 48.5 Å². The Balaban J connectivity index is 1.34. The van der Waals surface area contributed by atoms with Gasteiger partial charge in [0.05, 0.1) is 24.0 Å². The molecule has 10 heteroatoms. The lowest BCUT2D eigenvalue weighted by atomic mass is 10.1. The minimum Gasteiger partial charge on any atom is -0.395 e. The van der Waals surface area contributed by atoms with Gasteiger partial charge in [-0.1, -0.05) is 18.7 Å². The van der Waals surface area contributed by atoms with Crippen molar-refractivity contribution in [1.82, 2.24) is 19.9 Å². The molecule has 4 aromatic rings. The molecule has 0 aliphatic carbocycles. The Labute approximate surface area is 213 Å². The Kier molecular flexibility index (Phi) is 7.11. The Morgan fingerprint density at radius 2 is 2.03 bits per heavy atom. The summed E-state index contributed by atoms with van der Waals surface area (Å²) in [6, 6.07) is 12.5. The third kappa shape index (κ3) is 5.45. The molecule has 0 saturated carbocycles. The van der Waals surface area contributed by atoms with Crippen molar-refractivity contribution in [3.63, 3.8) is 0 Å². The smallest absolute Gasteiger partial charge is 0.247 e. The number of amides is 1.